The molecule has 0 spiro atoms. The number of imidazole rings is 1. The summed E-state index contributed by atoms with van der Waals surface area (Å²) in [7, 11) is 3.12. The van der Waals surface area contributed by atoms with E-state index in [9.17, 15) is 0 Å². The van der Waals surface area contributed by atoms with Crippen LogP contribution in [0.2, 0.25) is 5.02 Å². The molecule has 7 heteroatoms. The molecule has 1 heterocycles. The molecule has 18 heavy (non-hydrogen) atoms. The van der Waals surface area contributed by atoms with Crippen LogP contribution in [0, 0.1) is 0 Å². The fourth-order valence-electron chi connectivity index (χ4n) is 1.48. The van der Waals surface area contributed by atoms with Crippen molar-refractivity contribution in [2.45, 2.75) is 0 Å². The topological polar surface area (TPSA) is 47.1 Å². The van der Waals surface area contributed by atoms with E-state index in [0.29, 0.717) is 16.5 Å². The molecule has 1 aromatic carbocycles. The van der Waals surface area contributed by atoms with Crippen molar-refractivity contribution in [1.29, 1.82) is 0 Å². The van der Waals surface area contributed by atoms with Gasteiger partial charge in [-0.25, -0.2) is 4.98 Å². The third-order valence-corrected chi connectivity index (χ3v) is 2.49. The Labute approximate surface area is 122 Å². The van der Waals surface area contributed by atoms with Crippen LogP contribution < -0.4 is 9.47 Å². The number of H-pyrrole nitrogens is 1. The molecule has 0 unspecified atom stereocenters. The first-order valence-corrected chi connectivity index (χ1v) is 5.05. The molecule has 0 bridgehead atoms. The zero-order valence-electron chi connectivity index (χ0n) is 9.77. The standard InChI is InChI=1S/C11H11ClN2O2.2ClH/c1-15-9-6-7(11-13-3-4-14-11)5-8(12)10(9)16-2;;/h3-6H,1-2H3,(H,13,14);2*1H. The molecule has 0 fully saturated rings. The van der Waals surface area contributed by atoms with E-state index in [4.69, 9.17) is 21.1 Å². The minimum Gasteiger partial charge on any atom is -0.493 e. The van der Waals surface area contributed by atoms with Gasteiger partial charge >= 0.3 is 0 Å². The predicted octanol–water partition coefficient (Wildman–Crippen LogP) is 3.59. The van der Waals surface area contributed by atoms with Crippen molar-refractivity contribution in [2.75, 3.05) is 14.2 Å². The summed E-state index contributed by atoms with van der Waals surface area (Å²) in [6.45, 7) is 0. The number of hydrogen-bond acceptors (Lipinski definition) is 3. The van der Waals surface area contributed by atoms with Crippen LogP contribution in [0.15, 0.2) is 24.5 Å². The Morgan fingerprint density at radius 3 is 2.39 bits per heavy atom. The number of aromatic nitrogens is 2. The van der Waals surface area contributed by atoms with Crippen LogP contribution in [-0.2, 0) is 0 Å². The molecule has 0 radical (unpaired) electrons. The molecule has 100 valence electrons. The van der Waals surface area contributed by atoms with Crippen LogP contribution in [0.4, 0.5) is 0 Å². The SMILES string of the molecule is COc1cc(-c2ncc[nH]2)cc(Cl)c1OC.Cl.Cl. The van der Waals surface area contributed by atoms with Gasteiger partial charge < -0.3 is 14.5 Å². The van der Waals surface area contributed by atoms with Gasteiger partial charge in [0.2, 0.25) is 0 Å². The number of hydrogen-bond donors (Lipinski definition) is 1. The van der Waals surface area contributed by atoms with Crippen molar-refractivity contribution < 1.29 is 9.47 Å². The molecule has 0 atom stereocenters. The average Bonchev–Trinajstić information content (AvgIpc) is 2.81. The molecular formula is C11H13Cl3N2O2. The van der Waals surface area contributed by atoms with Crippen LogP contribution in [0.1, 0.15) is 0 Å². The molecule has 2 aromatic rings. The van der Waals surface area contributed by atoms with E-state index < -0.39 is 0 Å². The van der Waals surface area contributed by atoms with Gasteiger partial charge in [0.05, 0.1) is 19.2 Å². The van der Waals surface area contributed by atoms with Crippen molar-refractivity contribution in [2.24, 2.45) is 0 Å². The summed E-state index contributed by atoms with van der Waals surface area (Å²) in [5.74, 6) is 1.85. The lowest BCUT2D eigenvalue weighted by atomic mass is 10.2. The average molecular weight is 312 g/mol. The van der Waals surface area contributed by atoms with Crippen LogP contribution in [-0.4, -0.2) is 24.2 Å². The van der Waals surface area contributed by atoms with Crippen molar-refractivity contribution in [3.8, 4) is 22.9 Å². The van der Waals surface area contributed by atoms with Gasteiger partial charge in [-0.1, -0.05) is 11.6 Å². The lowest BCUT2D eigenvalue weighted by Gasteiger charge is -2.10. The van der Waals surface area contributed by atoms with Crippen molar-refractivity contribution in [3.05, 3.63) is 29.5 Å². The van der Waals surface area contributed by atoms with E-state index in [1.807, 2.05) is 6.07 Å². The Kier molecular flexibility index (Phi) is 6.91. The fourth-order valence-corrected chi connectivity index (χ4v) is 1.77. The maximum absolute atomic E-state index is 6.08. The predicted molar refractivity (Wildman–Crippen MR) is 76.6 cm³/mol. The van der Waals surface area contributed by atoms with Gasteiger partial charge in [0.25, 0.3) is 0 Å². The number of benzene rings is 1. The third-order valence-electron chi connectivity index (χ3n) is 2.21. The number of methoxy groups -OCH3 is 2. The second-order valence-corrected chi connectivity index (χ2v) is 3.54. The largest absolute Gasteiger partial charge is 0.493 e. The third kappa shape index (κ3) is 3.22. The van der Waals surface area contributed by atoms with Crippen molar-refractivity contribution >= 4 is 36.4 Å². The highest BCUT2D eigenvalue weighted by Crippen LogP contribution is 2.38. The fraction of sp³-hybridized carbons (Fsp3) is 0.182. The van der Waals surface area contributed by atoms with E-state index in [1.54, 1.807) is 32.7 Å². The van der Waals surface area contributed by atoms with Crippen LogP contribution in [0.3, 0.4) is 0 Å². The van der Waals surface area contributed by atoms with Gasteiger partial charge in [0.15, 0.2) is 11.5 Å². The zero-order valence-corrected chi connectivity index (χ0v) is 12.2. The Bertz CT molecular complexity index is 489. The molecule has 4 nitrogen and oxygen atoms in total. The van der Waals surface area contributed by atoms with Gasteiger partial charge in [-0.15, -0.1) is 24.8 Å². The summed E-state index contributed by atoms with van der Waals surface area (Å²) in [5, 5.41) is 0.494. The highest BCUT2D eigenvalue weighted by Gasteiger charge is 2.12. The number of aromatic amines is 1. The van der Waals surface area contributed by atoms with Gasteiger partial charge in [-0.3, -0.25) is 0 Å². The van der Waals surface area contributed by atoms with Gasteiger partial charge in [0, 0.05) is 18.0 Å². The van der Waals surface area contributed by atoms with Gasteiger partial charge in [-0.05, 0) is 12.1 Å². The quantitative estimate of drug-likeness (QED) is 0.942. The molecule has 0 aliphatic carbocycles. The smallest absolute Gasteiger partial charge is 0.179 e. The van der Waals surface area contributed by atoms with E-state index in [2.05, 4.69) is 9.97 Å². The first-order valence-electron chi connectivity index (χ1n) is 4.67. The Morgan fingerprint density at radius 2 is 1.89 bits per heavy atom. The molecule has 0 saturated carbocycles. The van der Waals surface area contributed by atoms with Gasteiger partial charge in [0.1, 0.15) is 5.82 Å². The molecule has 0 aliphatic rings. The minimum atomic E-state index is 0. The number of ether oxygens (including phenoxy) is 2. The summed E-state index contributed by atoms with van der Waals surface area (Å²) in [6, 6.07) is 3.60. The monoisotopic (exact) mass is 310 g/mol. The zero-order chi connectivity index (χ0) is 11.5. The maximum Gasteiger partial charge on any atom is 0.179 e. The maximum atomic E-state index is 6.08. The Morgan fingerprint density at radius 1 is 1.17 bits per heavy atom. The molecule has 1 aromatic heterocycles. The summed E-state index contributed by atoms with van der Waals surface area (Å²) >= 11 is 6.08. The minimum absolute atomic E-state index is 0. The number of nitrogens with one attached hydrogen (secondary N) is 1. The molecule has 0 aliphatic heterocycles. The highest BCUT2D eigenvalue weighted by atomic mass is 35.5. The summed E-state index contributed by atoms with van der Waals surface area (Å²) in [6.07, 6.45) is 3.43. The van der Waals surface area contributed by atoms with Crippen molar-refractivity contribution in [1.82, 2.24) is 9.97 Å². The number of rotatable bonds is 3. The summed E-state index contributed by atoms with van der Waals surface area (Å²) < 4.78 is 10.4. The molecule has 0 saturated heterocycles. The van der Waals surface area contributed by atoms with Crippen LogP contribution >= 0.6 is 36.4 Å². The highest BCUT2D eigenvalue weighted by molar-refractivity contribution is 6.32. The lowest BCUT2D eigenvalue weighted by Crippen LogP contribution is -1.92. The molecular weight excluding hydrogens is 298 g/mol. The Hall–Kier alpha value is -1.10. The first-order chi connectivity index (χ1) is 7.76. The molecule has 0 amide bonds. The van der Waals surface area contributed by atoms with E-state index in [1.165, 1.54) is 0 Å². The summed E-state index contributed by atoms with van der Waals surface area (Å²) in [5.41, 5.74) is 0.854. The van der Waals surface area contributed by atoms with E-state index in [-0.39, 0.29) is 24.8 Å². The van der Waals surface area contributed by atoms with E-state index in [0.717, 1.165) is 11.4 Å². The van der Waals surface area contributed by atoms with Gasteiger partial charge in [-0.2, -0.15) is 0 Å². The van der Waals surface area contributed by atoms with Crippen LogP contribution in [0.5, 0.6) is 11.5 Å². The normalized spacial score (nSPS) is 9.06. The molecule has 2 rings (SSSR count). The Balaban J connectivity index is 0.00000144. The van der Waals surface area contributed by atoms with E-state index >= 15 is 0 Å². The number of halogens is 3. The second kappa shape index (κ2) is 7.36. The molecule has 1 N–H and O–H groups in total. The van der Waals surface area contributed by atoms with Crippen molar-refractivity contribution in [3.63, 3.8) is 0 Å². The summed E-state index contributed by atoms with van der Waals surface area (Å²) in [4.78, 5) is 7.15. The number of nitrogens with zero attached hydrogens (tertiary/aromatic N) is 1. The van der Waals surface area contributed by atoms with Crippen LogP contribution in [0.25, 0.3) is 11.4 Å². The second-order valence-electron chi connectivity index (χ2n) is 3.13. The lowest BCUT2D eigenvalue weighted by molar-refractivity contribution is 0.355. The first kappa shape index (κ1) is 16.9.